The highest BCUT2D eigenvalue weighted by Gasteiger charge is 1.94. The van der Waals surface area contributed by atoms with Gasteiger partial charge >= 0.3 is 0 Å². The first-order valence-electron chi connectivity index (χ1n) is 6.72. The molecular formula is C14H34O2. The molecule has 0 rings (SSSR count). The first kappa shape index (κ1) is 21.2. The van der Waals surface area contributed by atoms with E-state index in [1.807, 2.05) is 27.7 Å². The summed E-state index contributed by atoms with van der Waals surface area (Å²) in [6.45, 7) is 14.6. The van der Waals surface area contributed by atoms with E-state index in [4.69, 9.17) is 9.84 Å². The topological polar surface area (TPSA) is 29.5 Å². The number of ether oxygens (including phenoxy) is 1. The molecule has 0 aromatic rings. The summed E-state index contributed by atoms with van der Waals surface area (Å²) in [5.41, 5.74) is 0. The lowest BCUT2D eigenvalue weighted by Gasteiger charge is -2.09. The molecule has 0 unspecified atom stereocenters. The minimum absolute atomic E-state index is 0.250. The summed E-state index contributed by atoms with van der Waals surface area (Å²) in [5, 5.41) is 7.57. The lowest BCUT2D eigenvalue weighted by molar-refractivity contribution is 0.0300. The summed E-state index contributed by atoms with van der Waals surface area (Å²) >= 11 is 0. The van der Waals surface area contributed by atoms with Crippen LogP contribution in [0.2, 0.25) is 0 Å². The number of aliphatic hydroxyl groups excluding tert-OH is 1. The molecular weight excluding hydrogens is 200 g/mol. The Kier molecular flexibility index (Phi) is 27.0. The van der Waals surface area contributed by atoms with E-state index in [0.717, 1.165) is 0 Å². The van der Waals surface area contributed by atoms with Gasteiger partial charge in [-0.1, -0.05) is 39.5 Å². The summed E-state index contributed by atoms with van der Waals surface area (Å²) in [7, 11) is 0. The predicted molar refractivity (Wildman–Crippen MR) is 73.9 cm³/mol. The smallest absolute Gasteiger partial charge is 0.0522 e. The normalized spacial score (nSPS) is 9.38. The SMILES string of the molecule is CC(C)OC(C)C.CCCCCC.CCO. The molecule has 0 aromatic carbocycles. The zero-order valence-electron chi connectivity index (χ0n) is 12.5. The number of aliphatic hydroxyl groups is 1. The van der Waals surface area contributed by atoms with Crippen molar-refractivity contribution in [3.8, 4) is 0 Å². The summed E-state index contributed by atoms with van der Waals surface area (Å²) in [6, 6.07) is 0. The third kappa shape index (κ3) is 48.5. The highest BCUT2D eigenvalue weighted by molar-refractivity contribution is 4.40. The summed E-state index contributed by atoms with van der Waals surface area (Å²) < 4.78 is 5.25. The molecule has 0 aliphatic rings. The second-order valence-corrected chi connectivity index (χ2v) is 4.26. The van der Waals surface area contributed by atoms with Gasteiger partial charge in [0.15, 0.2) is 0 Å². The number of hydrogen-bond acceptors (Lipinski definition) is 2. The Balaban J connectivity index is -0.000000172. The van der Waals surface area contributed by atoms with Gasteiger partial charge < -0.3 is 9.84 Å². The fourth-order valence-corrected chi connectivity index (χ4v) is 1.04. The first-order chi connectivity index (χ1) is 7.45. The molecule has 0 heterocycles. The van der Waals surface area contributed by atoms with Crippen LogP contribution in [-0.4, -0.2) is 23.9 Å². The van der Waals surface area contributed by atoms with Crippen LogP contribution in [0, 0.1) is 0 Å². The van der Waals surface area contributed by atoms with Crippen LogP contribution in [0.4, 0.5) is 0 Å². The quantitative estimate of drug-likeness (QED) is 0.714. The van der Waals surface area contributed by atoms with E-state index in [-0.39, 0.29) is 6.61 Å². The lowest BCUT2D eigenvalue weighted by atomic mass is 10.2. The van der Waals surface area contributed by atoms with Gasteiger partial charge in [-0.3, -0.25) is 0 Å². The van der Waals surface area contributed by atoms with Crippen molar-refractivity contribution in [2.45, 2.75) is 86.4 Å². The van der Waals surface area contributed by atoms with Gasteiger partial charge in [0.2, 0.25) is 0 Å². The van der Waals surface area contributed by atoms with Crippen molar-refractivity contribution in [3.05, 3.63) is 0 Å². The average molecular weight is 234 g/mol. The van der Waals surface area contributed by atoms with E-state index in [0.29, 0.717) is 12.2 Å². The van der Waals surface area contributed by atoms with Crippen LogP contribution in [0.25, 0.3) is 0 Å². The van der Waals surface area contributed by atoms with Crippen LogP contribution in [0.15, 0.2) is 0 Å². The Morgan fingerprint density at radius 1 is 0.812 bits per heavy atom. The van der Waals surface area contributed by atoms with E-state index < -0.39 is 0 Å². The summed E-state index contributed by atoms with van der Waals surface area (Å²) in [4.78, 5) is 0. The fraction of sp³-hybridized carbons (Fsp3) is 1.00. The van der Waals surface area contributed by atoms with Gasteiger partial charge in [0.05, 0.1) is 12.2 Å². The molecule has 0 atom stereocenters. The van der Waals surface area contributed by atoms with Gasteiger partial charge in [-0.15, -0.1) is 0 Å². The Morgan fingerprint density at radius 3 is 1.12 bits per heavy atom. The van der Waals surface area contributed by atoms with Crippen LogP contribution in [-0.2, 0) is 4.74 Å². The van der Waals surface area contributed by atoms with Crippen LogP contribution in [0.1, 0.15) is 74.1 Å². The molecule has 0 aliphatic carbocycles. The minimum Gasteiger partial charge on any atom is -0.397 e. The zero-order valence-corrected chi connectivity index (χ0v) is 12.5. The Hall–Kier alpha value is -0.0800. The highest BCUT2D eigenvalue weighted by Crippen LogP contribution is 1.95. The molecule has 0 saturated heterocycles. The van der Waals surface area contributed by atoms with Crippen molar-refractivity contribution in [2.24, 2.45) is 0 Å². The van der Waals surface area contributed by atoms with Crippen molar-refractivity contribution in [1.29, 1.82) is 0 Å². The molecule has 1 N–H and O–H groups in total. The van der Waals surface area contributed by atoms with E-state index >= 15 is 0 Å². The number of hydrogen-bond donors (Lipinski definition) is 1. The second kappa shape index (κ2) is 20.3. The maximum absolute atomic E-state index is 7.57. The van der Waals surface area contributed by atoms with Gasteiger partial charge in [0.25, 0.3) is 0 Å². The maximum atomic E-state index is 7.57. The first-order valence-corrected chi connectivity index (χ1v) is 6.72. The molecule has 0 amide bonds. The maximum Gasteiger partial charge on any atom is 0.0522 e. The largest absolute Gasteiger partial charge is 0.397 e. The Morgan fingerprint density at radius 2 is 1.06 bits per heavy atom. The van der Waals surface area contributed by atoms with Gasteiger partial charge in [0.1, 0.15) is 0 Å². The van der Waals surface area contributed by atoms with Crippen LogP contribution in [0.3, 0.4) is 0 Å². The highest BCUT2D eigenvalue weighted by atomic mass is 16.5. The molecule has 0 bridgehead atoms. The van der Waals surface area contributed by atoms with Crippen LogP contribution in [0.5, 0.6) is 0 Å². The number of unbranched alkanes of at least 4 members (excludes halogenated alkanes) is 3. The van der Waals surface area contributed by atoms with Crippen LogP contribution >= 0.6 is 0 Å². The van der Waals surface area contributed by atoms with E-state index in [1.165, 1.54) is 25.7 Å². The molecule has 0 aliphatic heterocycles. The van der Waals surface area contributed by atoms with Crippen molar-refractivity contribution < 1.29 is 9.84 Å². The molecule has 0 radical (unpaired) electrons. The van der Waals surface area contributed by atoms with Crippen LogP contribution < -0.4 is 0 Å². The fourth-order valence-electron chi connectivity index (χ4n) is 1.04. The lowest BCUT2D eigenvalue weighted by Crippen LogP contribution is -2.09. The second-order valence-electron chi connectivity index (χ2n) is 4.26. The minimum atomic E-state index is 0.250. The molecule has 0 aromatic heterocycles. The van der Waals surface area contributed by atoms with Gasteiger partial charge in [0, 0.05) is 6.61 Å². The molecule has 0 saturated carbocycles. The van der Waals surface area contributed by atoms with E-state index in [9.17, 15) is 0 Å². The van der Waals surface area contributed by atoms with Gasteiger partial charge in [-0.05, 0) is 34.6 Å². The third-order valence-electron chi connectivity index (χ3n) is 1.50. The van der Waals surface area contributed by atoms with Gasteiger partial charge in [-0.2, -0.15) is 0 Å². The van der Waals surface area contributed by atoms with E-state index in [2.05, 4.69) is 13.8 Å². The van der Waals surface area contributed by atoms with Crippen molar-refractivity contribution >= 4 is 0 Å². The van der Waals surface area contributed by atoms with Crippen molar-refractivity contribution in [1.82, 2.24) is 0 Å². The molecule has 0 fully saturated rings. The molecule has 102 valence electrons. The molecule has 2 heteroatoms. The Labute approximate surface area is 103 Å². The predicted octanol–water partition coefficient (Wildman–Crippen LogP) is 4.41. The number of rotatable bonds is 5. The molecule has 16 heavy (non-hydrogen) atoms. The monoisotopic (exact) mass is 234 g/mol. The zero-order chi connectivity index (χ0) is 13.4. The molecule has 0 spiro atoms. The van der Waals surface area contributed by atoms with Gasteiger partial charge in [-0.25, -0.2) is 0 Å². The molecule has 2 nitrogen and oxygen atoms in total. The standard InChI is InChI=1S/C6H14O.C6H14.C2H6O/c1-5(2)7-6(3)4;1-3-5-6-4-2;1-2-3/h5-6H,1-4H3;3-6H2,1-2H3;3H,2H2,1H3. The Bertz CT molecular complexity index is 80.7. The van der Waals surface area contributed by atoms with E-state index in [1.54, 1.807) is 6.92 Å². The summed E-state index contributed by atoms with van der Waals surface area (Å²) in [6.07, 6.45) is 6.29. The summed E-state index contributed by atoms with van der Waals surface area (Å²) in [5.74, 6) is 0. The third-order valence-corrected chi connectivity index (χ3v) is 1.50. The average Bonchev–Trinajstić information content (AvgIpc) is 2.14. The van der Waals surface area contributed by atoms with Crippen molar-refractivity contribution in [2.75, 3.05) is 6.61 Å². The van der Waals surface area contributed by atoms with Crippen molar-refractivity contribution in [3.63, 3.8) is 0 Å².